The molecule has 0 spiro atoms. The largest absolute Gasteiger partial charge is 0.450 e. The average Bonchev–Trinajstić information content (AvgIpc) is 3.28. The standard InChI is InChI=1S/C17H18F2N6O2/c1-2-3-16(26)27-17(7-24-11-20-9-22-24,8-25-12-21-10-23-25)14-5-4-13(18)6-15(14)19/h4-6,9-12H,2-3,7-8H2,1H3. The van der Waals surface area contributed by atoms with Crippen LogP contribution < -0.4 is 0 Å². The van der Waals surface area contributed by atoms with Gasteiger partial charge in [-0.25, -0.2) is 28.1 Å². The Morgan fingerprint density at radius 3 is 2.22 bits per heavy atom. The molecule has 0 aliphatic rings. The summed E-state index contributed by atoms with van der Waals surface area (Å²) in [6.45, 7) is 1.76. The van der Waals surface area contributed by atoms with Crippen molar-refractivity contribution in [2.24, 2.45) is 0 Å². The average molecular weight is 376 g/mol. The molecule has 0 unspecified atom stereocenters. The Kier molecular flexibility index (Phi) is 5.53. The zero-order chi connectivity index (χ0) is 19.3. The molecule has 0 amide bonds. The Morgan fingerprint density at radius 2 is 1.74 bits per heavy atom. The summed E-state index contributed by atoms with van der Waals surface area (Å²) in [5.74, 6) is -2.08. The lowest BCUT2D eigenvalue weighted by molar-refractivity contribution is -0.166. The highest BCUT2D eigenvalue weighted by Crippen LogP contribution is 2.33. The van der Waals surface area contributed by atoms with Crippen LogP contribution >= 0.6 is 0 Å². The van der Waals surface area contributed by atoms with E-state index in [0.717, 1.165) is 12.1 Å². The quantitative estimate of drug-likeness (QED) is 0.560. The smallest absolute Gasteiger partial charge is 0.306 e. The van der Waals surface area contributed by atoms with Crippen LogP contribution in [0.5, 0.6) is 0 Å². The molecule has 0 bridgehead atoms. The van der Waals surface area contributed by atoms with Crippen LogP contribution in [0.25, 0.3) is 0 Å². The number of benzene rings is 1. The Bertz CT molecular complexity index is 847. The maximum absolute atomic E-state index is 14.7. The lowest BCUT2D eigenvalue weighted by Gasteiger charge is -2.34. The fraction of sp³-hybridized carbons (Fsp3) is 0.353. The molecule has 3 aromatic rings. The van der Waals surface area contributed by atoms with Crippen molar-refractivity contribution < 1.29 is 18.3 Å². The van der Waals surface area contributed by atoms with E-state index in [-0.39, 0.29) is 25.1 Å². The molecule has 3 rings (SSSR count). The molecular weight excluding hydrogens is 358 g/mol. The molecule has 0 fully saturated rings. The summed E-state index contributed by atoms with van der Waals surface area (Å²) in [7, 11) is 0. The number of halogens is 2. The summed E-state index contributed by atoms with van der Waals surface area (Å²) in [6, 6.07) is 3.13. The van der Waals surface area contributed by atoms with Crippen LogP contribution in [-0.2, 0) is 28.2 Å². The minimum absolute atomic E-state index is 0.0133. The van der Waals surface area contributed by atoms with Crippen molar-refractivity contribution in [1.82, 2.24) is 29.5 Å². The highest BCUT2D eigenvalue weighted by molar-refractivity contribution is 5.70. The summed E-state index contributed by atoms with van der Waals surface area (Å²) >= 11 is 0. The van der Waals surface area contributed by atoms with E-state index in [0.29, 0.717) is 6.42 Å². The van der Waals surface area contributed by atoms with Gasteiger partial charge in [0.15, 0.2) is 5.60 Å². The molecule has 2 aromatic heterocycles. The number of ether oxygens (including phenoxy) is 1. The number of carbonyl (C=O) groups is 1. The molecular formula is C17H18F2N6O2. The van der Waals surface area contributed by atoms with Crippen molar-refractivity contribution in [2.75, 3.05) is 0 Å². The normalized spacial score (nSPS) is 11.5. The van der Waals surface area contributed by atoms with Crippen LogP contribution in [0.3, 0.4) is 0 Å². The first-order valence-corrected chi connectivity index (χ1v) is 8.34. The third-order valence-electron chi connectivity index (χ3n) is 3.95. The number of rotatable bonds is 8. The van der Waals surface area contributed by atoms with Gasteiger partial charge in [0.25, 0.3) is 0 Å². The summed E-state index contributed by atoms with van der Waals surface area (Å²) < 4.78 is 36.8. The van der Waals surface area contributed by atoms with E-state index in [9.17, 15) is 13.6 Å². The second-order valence-corrected chi connectivity index (χ2v) is 6.03. The van der Waals surface area contributed by atoms with Gasteiger partial charge >= 0.3 is 5.97 Å². The number of hydrogen-bond acceptors (Lipinski definition) is 6. The van der Waals surface area contributed by atoms with Gasteiger partial charge in [0.1, 0.15) is 36.9 Å². The first kappa shape index (κ1) is 18.6. The predicted molar refractivity (Wildman–Crippen MR) is 89.1 cm³/mol. The topological polar surface area (TPSA) is 87.7 Å². The lowest BCUT2D eigenvalue weighted by atomic mass is 9.92. The fourth-order valence-electron chi connectivity index (χ4n) is 2.82. The maximum atomic E-state index is 14.7. The van der Waals surface area contributed by atoms with E-state index < -0.39 is 23.2 Å². The van der Waals surface area contributed by atoms with Gasteiger partial charge in [-0.2, -0.15) is 10.2 Å². The second-order valence-electron chi connectivity index (χ2n) is 6.03. The molecule has 0 saturated heterocycles. The van der Waals surface area contributed by atoms with Gasteiger partial charge in [0.2, 0.25) is 0 Å². The van der Waals surface area contributed by atoms with Crippen molar-refractivity contribution in [1.29, 1.82) is 0 Å². The molecule has 142 valence electrons. The lowest BCUT2D eigenvalue weighted by Crippen LogP contribution is -2.42. The van der Waals surface area contributed by atoms with Crippen molar-refractivity contribution in [3.8, 4) is 0 Å². The minimum atomic E-state index is -1.52. The van der Waals surface area contributed by atoms with Crippen LogP contribution in [0.1, 0.15) is 25.3 Å². The Hall–Kier alpha value is -3.17. The molecule has 0 radical (unpaired) electrons. The van der Waals surface area contributed by atoms with Crippen molar-refractivity contribution in [3.63, 3.8) is 0 Å². The summed E-state index contributed by atoms with van der Waals surface area (Å²) in [4.78, 5) is 20.1. The monoisotopic (exact) mass is 376 g/mol. The SMILES string of the molecule is CCCC(=O)OC(Cn1cncn1)(Cn1cncn1)c1ccc(F)cc1F. The number of carbonyl (C=O) groups excluding carboxylic acids is 1. The molecule has 8 nitrogen and oxygen atoms in total. The Balaban J connectivity index is 2.10. The third kappa shape index (κ3) is 4.33. The van der Waals surface area contributed by atoms with Crippen molar-refractivity contribution >= 4 is 5.97 Å². The summed E-state index contributed by atoms with van der Waals surface area (Å²) in [5.41, 5.74) is -1.51. The van der Waals surface area contributed by atoms with Crippen molar-refractivity contribution in [2.45, 2.75) is 38.5 Å². The molecule has 27 heavy (non-hydrogen) atoms. The highest BCUT2D eigenvalue weighted by Gasteiger charge is 2.41. The Labute approximate surface area is 153 Å². The van der Waals surface area contributed by atoms with Crippen LogP contribution in [0, 0.1) is 11.6 Å². The zero-order valence-corrected chi connectivity index (χ0v) is 14.6. The van der Waals surface area contributed by atoms with Crippen LogP contribution in [0.4, 0.5) is 8.78 Å². The molecule has 0 saturated carbocycles. The van der Waals surface area contributed by atoms with Gasteiger partial charge in [0.05, 0.1) is 13.1 Å². The number of nitrogens with zero attached hydrogens (tertiary/aromatic N) is 6. The van der Waals surface area contributed by atoms with Crippen LogP contribution in [0.2, 0.25) is 0 Å². The van der Waals surface area contributed by atoms with Crippen molar-refractivity contribution in [3.05, 3.63) is 60.7 Å². The molecule has 0 aliphatic carbocycles. The number of esters is 1. The molecule has 0 aliphatic heterocycles. The maximum Gasteiger partial charge on any atom is 0.306 e. The summed E-state index contributed by atoms with van der Waals surface area (Å²) in [5, 5.41) is 8.06. The van der Waals surface area contributed by atoms with E-state index >= 15 is 0 Å². The van der Waals surface area contributed by atoms with Gasteiger partial charge < -0.3 is 4.74 Å². The van der Waals surface area contributed by atoms with Gasteiger partial charge in [-0.1, -0.05) is 6.92 Å². The number of hydrogen-bond donors (Lipinski definition) is 0. The summed E-state index contributed by atoms with van der Waals surface area (Å²) in [6.07, 6.45) is 6.19. The first-order valence-electron chi connectivity index (χ1n) is 8.34. The van der Waals surface area contributed by atoms with Crippen LogP contribution in [-0.4, -0.2) is 35.5 Å². The minimum Gasteiger partial charge on any atom is -0.450 e. The molecule has 0 N–H and O–H groups in total. The fourth-order valence-corrected chi connectivity index (χ4v) is 2.82. The van der Waals surface area contributed by atoms with Gasteiger partial charge in [-0.15, -0.1) is 0 Å². The molecule has 2 heterocycles. The zero-order valence-electron chi connectivity index (χ0n) is 14.6. The predicted octanol–water partition coefficient (Wildman–Crippen LogP) is 2.09. The highest BCUT2D eigenvalue weighted by atomic mass is 19.1. The third-order valence-corrected chi connectivity index (χ3v) is 3.95. The van der Waals surface area contributed by atoms with E-state index in [4.69, 9.17) is 4.74 Å². The van der Waals surface area contributed by atoms with Gasteiger partial charge in [-0.05, 0) is 18.6 Å². The van der Waals surface area contributed by atoms with Crippen LogP contribution in [0.15, 0.2) is 43.5 Å². The second kappa shape index (κ2) is 8.02. The number of aromatic nitrogens is 6. The van der Waals surface area contributed by atoms with E-state index in [1.165, 1.54) is 40.7 Å². The molecule has 0 atom stereocenters. The van der Waals surface area contributed by atoms with E-state index in [2.05, 4.69) is 20.2 Å². The molecule has 10 heteroatoms. The first-order chi connectivity index (χ1) is 13.0. The van der Waals surface area contributed by atoms with Gasteiger partial charge in [-0.3, -0.25) is 4.79 Å². The van der Waals surface area contributed by atoms with E-state index in [1.54, 1.807) is 0 Å². The van der Waals surface area contributed by atoms with Gasteiger partial charge in [0, 0.05) is 18.1 Å². The molecule has 1 aromatic carbocycles. The Morgan fingerprint density at radius 1 is 1.11 bits per heavy atom. The van der Waals surface area contributed by atoms with E-state index in [1.807, 2.05) is 6.92 Å².